The van der Waals surface area contributed by atoms with Gasteiger partial charge in [-0.3, -0.25) is 0 Å². The van der Waals surface area contributed by atoms with Crippen LogP contribution in [0.3, 0.4) is 0 Å². The molecule has 2 aromatic rings. The Labute approximate surface area is 161 Å². The van der Waals surface area contributed by atoms with E-state index in [0.717, 1.165) is 6.07 Å². The summed E-state index contributed by atoms with van der Waals surface area (Å²) in [5, 5.41) is 0. The summed E-state index contributed by atoms with van der Waals surface area (Å²) in [6, 6.07) is 5.08. The molecule has 0 radical (unpaired) electrons. The van der Waals surface area contributed by atoms with Gasteiger partial charge in [-0.05, 0) is 50.5 Å². The van der Waals surface area contributed by atoms with Gasteiger partial charge >= 0.3 is 0 Å². The number of fused-ring (bicyclic) bond motifs is 1. The summed E-state index contributed by atoms with van der Waals surface area (Å²) >= 11 is 0. The van der Waals surface area contributed by atoms with E-state index in [-0.39, 0.29) is 18.3 Å². The lowest BCUT2D eigenvalue weighted by molar-refractivity contribution is -0.0603. The lowest BCUT2D eigenvalue weighted by Crippen LogP contribution is -2.29. The van der Waals surface area contributed by atoms with Crippen LogP contribution in [0.25, 0.3) is 16.9 Å². The zero-order valence-corrected chi connectivity index (χ0v) is 15.8. The van der Waals surface area contributed by atoms with E-state index in [2.05, 4.69) is 11.6 Å². The Morgan fingerprint density at radius 1 is 1.32 bits per heavy atom. The first-order chi connectivity index (χ1) is 13.4. The topological polar surface area (TPSA) is 40.6 Å². The van der Waals surface area contributed by atoms with Crippen LogP contribution in [0.1, 0.15) is 31.5 Å². The van der Waals surface area contributed by atoms with Crippen LogP contribution in [0, 0.1) is 11.6 Å². The average Bonchev–Trinajstić information content (AvgIpc) is 2.65. The molecule has 7 heteroatoms. The summed E-state index contributed by atoms with van der Waals surface area (Å²) < 4.78 is 57.1. The van der Waals surface area contributed by atoms with Crippen molar-refractivity contribution in [3.63, 3.8) is 0 Å². The van der Waals surface area contributed by atoms with E-state index in [4.69, 9.17) is 14.2 Å². The van der Waals surface area contributed by atoms with E-state index in [1.54, 1.807) is 6.07 Å². The van der Waals surface area contributed by atoms with Crippen molar-refractivity contribution in [2.75, 3.05) is 13.2 Å². The lowest BCUT2D eigenvalue weighted by atomic mass is 9.94. The summed E-state index contributed by atoms with van der Waals surface area (Å²) in [7, 11) is 0. The Morgan fingerprint density at radius 3 is 2.79 bits per heavy atom. The molecule has 0 bridgehead atoms. The standard InChI is InChI=1S/C21H22F3NO3/c1-4-26-12(2)20-10-18(16-7-5-14(23)9-19(16)24)17-8-6-15(11-27-13(3)22)28-21(17)25-20/h5,7,9-10,13,15H,2,4,6,8,11H2,1,3H3. The van der Waals surface area contributed by atoms with Crippen LogP contribution >= 0.6 is 0 Å². The first kappa shape index (κ1) is 20.2. The Bertz CT molecular complexity index is 870. The molecule has 0 saturated carbocycles. The van der Waals surface area contributed by atoms with Crippen LogP contribution in [0.5, 0.6) is 5.88 Å². The van der Waals surface area contributed by atoms with Gasteiger partial charge < -0.3 is 14.2 Å². The summed E-state index contributed by atoms with van der Waals surface area (Å²) in [6.07, 6.45) is -0.682. The molecule has 3 rings (SSSR count). The van der Waals surface area contributed by atoms with Crippen molar-refractivity contribution in [3.8, 4) is 17.0 Å². The number of aromatic nitrogens is 1. The number of rotatable bonds is 7. The minimum Gasteiger partial charge on any atom is -0.492 e. The summed E-state index contributed by atoms with van der Waals surface area (Å²) in [5.41, 5.74) is 1.86. The number of benzene rings is 1. The second kappa shape index (κ2) is 8.65. The smallest absolute Gasteiger partial charge is 0.218 e. The number of hydrogen-bond acceptors (Lipinski definition) is 4. The van der Waals surface area contributed by atoms with E-state index < -0.39 is 18.0 Å². The molecule has 1 aromatic carbocycles. The van der Waals surface area contributed by atoms with Crippen LogP contribution in [0.2, 0.25) is 0 Å². The third-order valence-electron chi connectivity index (χ3n) is 4.42. The third-order valence-corrected chi connectivity index (χ3v) is 4.42. The third kappa shape index (κ3) is 4.47. The predicted octanol–water partition coefficient (Wildman–Crippen LogP) is 5.06. The van der Waals surface area contributed by atoms with E-state index in [9.17, 15) is 13.2 Å². The van der Waals surface area contributed by atoms with Crippen molar-refractivity contribution in [3.05, 3.63) is 53.7 Å². The Morgan fingerprint density at radius 2 is 2.11 bits per heavy atom. The number of pyridine rings is 1. The molecule has 0 spiro atoms. The van der Waals surface area contributed by atoms with Gasteiger partial charge in [0.25, 0.3) is 0 Å². The highest BCUT2D eigenvalue weighted by molar-refractivity contribution is 5.73. The van der Waals surface area contributed by atoms with Crippen molar-refractivity contribution in [1.82, 2.24) is 4.98 Å². The zero-order chi connectivity index (χ0) is 20.3. The van der Waals surface area contributed by atoms with Gasteiger partial charge in [0.15, 0.2) is 6.36 Å². The molecule has 1 aliphatic heterocycles. The molecular weight excluding hydrogens is 371 g/mol. The fraction of sp³-hybridized carbons (Fsp3) is 0.381. The molecule has 28 heavy (non-hydrogen) atoms. The van der Waals surface area contributed by atoms with E-state index in [1.807, 2.05) is 6.92 Å². The van der Waals surface area contributed by atoms with Crippen LogP contribution in [-0.2, 0) is 15.9 Å². The maximum absolute atomic E-state index is 14.5. The Balaban J connectivity index is 2.03. The molecule has 150 valence electrons. The Hall–Kier alpha value is -2.54. The van der Waals surface area contributed by atoms with Crippen molar-refractivity contribution in [2.45, 2.75) is 39.2 Å². The number of alkyl halides is 1. The first-order valence-electron chi connectivity index (χ1n) is 9.12. The minimum absolute atomic E-state index is 0.0790. The zero-order valence-electron chi connectivity index (χ0n) is 15.8. The van der Waals surface area contributed by atoms with E-state index >= 15 is 0 Å². The largest absolute Gasteiger partial charge is 0.492 e. The van der Waals surface area contributed by atoms with Crippen molar-refractivity contribution in [2.24, 2.45) is 0 Å². The van der Waals surface area contributed by atoms with Gasteiger partial charge in [0, 0.05) is 17.2 Å². The van der Waals surface area contributed by atoms with Crippen LogP contribution < -0.4 is 4.74 Å². The van der Waals surface area contributed by atoms with Crippen LogP contribution in [-0.4, -0.2) is 30.7 Å². The van der Waals surface area contributed by atoms with E-state index in [0.29, 0.717) is 47.9 Å². The van der Waals surface area contributed by atoms with Crippen molar-refractivity contribution in [1.29, 1.82) is 0 Å². The van der Waals surface area contributed by atoms with Gasteiger partial charge in [-0.2, -0.15) is 0 Å². The van der Waals surface area contributed by atoms with Gasteiger partial charge in [-0.25, -0.2) is 18.2 Å². The van der Waals surface area contributed by atoms with Crippen molar-refractivity contribution >= 4 is 5.76 Å². The molecule has 0 fully saturated rings. The highest BCUT2D eigenvalue weighted by Gasteiger charge is 2.27. The average molecular weight is 393 g/mol. The molecule has 0 aliphatic carbocycles. The SMILES string of the molecule is C=C(OCC)c1cc(-c2ccc(F)cc2F)c2c(n1)OC(COC(C)F)CC2. The second-order valence-corrected chi connectivity index (χ2v) is 6.47. The van der Waals surface area contributed by atoms with Gasteiger partial charge in [0.05, 0.1) is 13.2 Å². The number of nitrogens with zero attached hydrogens (tertiary/aromatic N) is 1. The first-order valence-corrected chi connectivity index (χ1v) is 9.12. The normalized spacial score (nSPS) is 16.8. The molecule has 2 atom stereocenters. The molecule has 4 nitrogen and oxygen atoms in total. The van der Waals surface area contributed by atoms with Crippen molar-refractivity contribution < 1.29 is 27.4 Å². The maximum Gasteiger partial charge on any atom is 0.218 e. The monoisotopic (exact) mass is 393 g/mol. The fourth-order valence-electron chi connectivity index (χ4n) is 3.11. The fourth-order valence-corrected chi connectivity index (χ4v) is 3.11. The lowest BCUT2D eigenvalue weighted by Gasteiger charge is -2.27. The Kier molecular flexibility index (Phi) is 6.24. The second-order valence-electron chi connectivity index (χ2n) is 6.47. The number of ether oxygens (including phenoxy) is 3. The summed E-state index contributed by atoms with van der Waals surface area (Å²) in [6.45, 7) is 7.43. The van der Waals surface area contributed by atoms with Gasteiger partial charge in [-0.15, -0.1) is 0 Å². The van der Waals surface area contributed by atoms with Crippen LogP contribution in [0.4, 0.5) is 13.2 Å². The molecule has 0 N–H and O–H groups in total. The van der Waals surface area contributed by atoms with Crippen LogP contribution in [0.15, 0.2) is 30.8 Å². The molecule has 0 saturated heterocycles. The maximum atomic E-state index is 14.5. The van der Waals surface area contributed by atoms with Gasteiger partial charge in [-0.1, -0.05) is 6.58 Å². The highest BCUT2D eigenvalue weighted by atomic mass is 19.1. The number of hydrogen-bond donors (Lipinski definition) is 0. The van der Waals surface area contributed by atoms with E-state index in [1.165, 1.54) is 19.1 Å². The minimum atomic E-state index is -1.40. The summed E-state index contributed by atoms with van der Waals surface area (Å²) in [4.78, 5) is 4.45. The van der Waals surface area contributed by atoms with Gasteiger partial charge in [0.1, 0.15) is 29.2 Å². The molecule has 1 aliphatic rings. The molecular formula is C21H22F3NO3. The predicted molar refractivity (Wildman–Crippen MR) is 99.5 cm³/mol. The molecule has 2 heterocycles. The quantitative estimate of drug-likeness (QED) is 0.617. The highest BCUT2D eigenvalue weighted by Crippen LogP contribution is 2.38. The number of halogens is 3. The molecule has 1 aromatic heterocycles. The molecule has 2 unspecified atom stereocenters. The summed E-state index contributed by atoms with van der Waals surface area (Å²) in [5.74, 6) is -0.730. The van der Waals surface area contributed by atoms with Gasteiger partial charge in [0.2, 0.25) is 5.88 Å². The molecule has 0 amide bonds.